The Morgan fingerprint density at radius 2 is 2.04 bits per heavy atom. The molecule has 26 heavy (non-hydrogen) atoms. The fourth-order valence-electron chi connectivity index (χ4n) is 3.66. The van der Waals surface area contributed by atoms with Crippen molar-refractivity contribution in [2.75, 3.05) is 0 Å². The Labute approximate surface area is 158 Å². The molecule has 2 heterocycles. The van der Waals surface area contributed by atoms with Gasteiger partial charge in [0.15, 0.2) is 0 Å². The number of rotatable bonds is 5. The summed E-state index contributed by atoms with van der Waals surface area (Å²) >= 11 is 6.49. The zero-order valence-electron chi connectivity index (χ0n) is 15.0. The predicted molar refractivity (Wildman–Crippen MR) is 107 cm³/mol. The van der Waals surface area contributed by atoms with E-state index in [2.05, 4.69) is 32.9 Å². The first kappa shape index (κ1) is 17.1. The molecule has 2 N–H and O–H groups in total. The van der Waals surface area contributed by atoms with Crippen molar-refractivity contribution >= 4 is 22.5 Å². The van der Waals surface area contributed by atoms with Crippen LogP contribution in [0.5, 0.6) is 0 Å². The summed E-state index contributed by atoms with van der Waals surface area (Å²) in [7, 11) is 0. The quantitative estimate of drug-likeness (QED) is 0.637. The Morgan fingerprint density at radius 1 is 1.23 bits per heavy atom. The minimum absolute atomic E-state index is 0.625. The van der Waals surface area contributed by atoms with Crippen LogP contribution in [0.25, 0.3) is 22.2 Å². The largest absolute Gasteiger partial charge is 0.383 e. The summed E-state index contributed by atoms with van der Waals surface area (Å²) in [5.74, 6) is 0.625. The summed E-state index contributed by atoms with van der Waals surface area (Å²) in [4.78, 5) is 12.2. The molecule has 5 heteroatoms. The summed E-state index contributed by atoms with van der Waals surface area (Å²) < 4.78 is 0. The van der Waals surface area contributed by atoms with E-state index in [9.17, 15) is 0 Å². The van der Waals surface area contributed by atoms with E-state index < -0.39 is 0 Å². The predicted octanol–water partition coefficient (Wildman–Crippen LogP) is 5.38. The van der Waals surface area contributed by atoms with E-state index >= 15 is 0 Å². The smallest absolute Gasteiger partial charge is 0.0901 e. The highest BCUT2D eigenvalue weighted by molar-refractivity contribution is 6.34. The van der Waals surface area contributed by atoms with Crippen molar-refractivity contribution in [3.63, 3.8) is 0 Å². The first-order chi connectivity index (χ1) is 12.6. The number of fused-ring (bicyclic) bond motifs is 1. The molecule has 0 radical (unpaired) electrons. The van der Waals surface area contributed by atoms with Crippen LogP contribution in [0.4, 0.5) is 0 Å². The Balaban J connectivity index is 1.55. The average molecular weight is 367 g/mol. The van der Waals surface area contributed by atoms with Gasteiger partial charge >= 0.3 is 0 Å². The molecular weight excluding hydrogens is 344 g/mol. The molecule has 4 rings (SSSR count). The molecule has 134 valence electrons. The maximum absolute atomic E-state index is 6.49. The van der Waals surface area contributed by atoms with Crippen LogP contribution < -0.4 is 5.32 Å². The molecule has 0 amide bonds. The van der Waals surface area contributed by atoms with Gasteiger partial charge in [-0.25, -0.2) is 0 Å². The van der Waals surface area contributed by atoms with E-state index in [1.165, 1.54) is 25.7 Å². The topological polar surface area (TPSA) is 53.6 Å². The second kappa shape index (κ2) is 7.12. The SMILES string of the molecule is C=C(NCc1cc2cc(Cl)c(-c3cnc(C)cn3)cc2[nH]1)C1CCCC1. The van der Waals surface area contributed by atoms with Crippen molar-refractivity contribution in [2.45, 2.75) is 39.2 Å². The van der Waals surface area contributed by atoms with Gasteiger partial charge in [-0.1, -0.05) is 31.0 Å². The third kappa shape index (κ3) is 3.47. The molecule has 0 bridgehead atoms. The van der Waals surface area contributed by atoms with Crippen molar-refractivity contribution in [2.24, 2.45) is 5.92 Å². The van der Waals surface area contributed by atoms with Gasteiger partial charge in [0.2, 0.25) is 0 Å². The molecule has 1 aliphatic carbocycles. The van der Waals surface area contributed by atoms with Gasteiger partial charge in [-0.05, 0) is 43.9 Å². The zero-order valence-corrected chi connectivity index (χ0v) is 15.7. The lowest BCUT2D eigenvalue weighted by atomic mass is 10.1. The van der Waals surface area contributed by atoms with Gasteiger partial charge in [-0.3, -0.25) is 9.97 Å². The first-order valence-electron chi connectivity index (χ1n) is 9.13. The Bertz CT molecular complexity index is 937. The lowest BCUT2D eigenvalue weighted by Crippen LogP contribution is -2.17. The number of aryl methyl sites for hydroxylation is 1. The van der Waals surface area contributed by atoms with E-state index in [0.29, 0.717) is 10.9 Å². The second-order valence-corrected chi connectivity index (χ2v) is 7.52. The lowest BCUT2D eigenvalue weighted by Gasteiger charge is -2.14. The molecule has 0 spiro atoms. The van der Waals surface area contributed by atoms with Crippen molar-refractivity contribution in [1.29, 1.82) is 0 Å². The number of aromatic nitrogens is 3. The molecule has 1 saturated carbocycles. The minimum atomic E-state index is 0.625. The van der Waals surface area contributed by atoms with Crippen LogP contribution in [-0.4, -0.2) is 15.0 Å². The van der Waals surface area contributed by atoms with Crippen LogP contribution in [0, 0.1) is 12.8 Å². The van der Waals surface area contributed by atoms with E-state index in [-0.39, 0.29) is 0 Å². The number of benzene rings is 1. The summed E-state index contributed by atoms with van der Waals surface area (Å²) in [5, 5.41) is 5.27. The first-order valence-corrected chi connectivity index (χ1v) is 9.51. The number of nitrogens with one attached hydrogen (secondary N) is 2. The number of hydrogen-bond donors (Lipinski definition) is 2. The van der Waals surface area contributed by atoms with Gasteiger partial charge in [0, 0.05) is 34.1 Å². The molecule has 0 aliphatic heterocycles. The van der Waals surface area contributed by atoms with Crippen LogP contribution in [0.15, 0.2) is 42.9 Å². The van der Waals surface area contributed by atoms with E-state index in [1.807, 2.05) is 19.1 Å². The van der Waals surface area contributed by atoms with Crippen LogP contribution >= 0.6 is 11.6 Å². The second-order valence-electron chi connectivity index (χ2n) is 7.12. The van der Waals surface area contributed by atoms with E-state index in [1.54, 1.807) is 12.4 Å². The van der Waals surface area contributed by atoms with Crippen LogP contribution in [0.2, 0.25) is 5.02 Å². The number of allylic oxidation sites excluding steroid dienone is 1. The van der Waals surface area contributed by atoms with Crippen LogP contribution in [-0.2, 0) is 6.54 Å². The molecule has 0 saturated heterocycles. The lowest BCUT2D eigenvalue weighted by molar-refractivity contribution is 0.576. The molecule has 0 unspecified atom stereocenters. The van der Waals surface area contributed by atoms with Gasteiger partial charge in [-0.15, -0.1) is 0 Å². The van der Waals surface area contributed by atoms with Gasteiger partial charge < -0.3 is 10.3 Å². The summed E-state index contributed by atoms with van der Waals surface area (Å²) in [6.45, 7) is 6.89. The highest BCUT2D eigenvalue weighted by atomic mass is 35.5. The fraction of sp³-hybridized carbons (Fsp3) is 0.333. The summed E-state index contributed by atoms with van der Waals surface area (Å²) in [5.41, 5.74) is 5.91. The number of hydrogen-bond acceptors (Lipinski definition) is 3. The fourth-order valence-corrected chi connectivity index (χ4v) is 3.93. The van der Waals surface area contributed by atoms with Gasteiger partial charge in [-0.2, -0.15) is 0 Å². The summed E-state index contributed by atoms with van der Waals surface area (Å²) in [6.07, 6.45) is 8.68. The maximum atomic E-state index is 6.49. The number of H-pyrrole nitrogens is 1. The highest BCUT2D eigenvalue weighted by Gasteiger charge is 2.18. The summed E-state index contributed by atoms with van der Waals surface area (Å²) in [6, 6.07) is 6.17. The molecule has 1 aliphatic rings. The standard InChI is InChI=1S/C21H23ClN4/c1-13-10-25-21(12-23-13)18-9-20-16(8-19(18)22)7-17(26-20)11-24-14(2)15-5-3-4-6-15/h7-10,12,15,24,26H,2-6,11H2,1H3. The Kier molecular flexibility index (Phi) is 4.68. The van der Waals surface area contributed by atoms with Crippen molar-refractivity contribution < 1.29 is 0 Å². The zero-order chi connectivity index (χ0) is 18.1. The van der Waals surface area contributed by atoms with E-state index in [4.69, 9.17) is 11.6 Å². The van der Waals surface area contributed by atoms with Crippen molar-refractivity contribution in [1.82, 2.24) is 20.3 Å². The third-order valence-electron chi connectivity index (χ3n) is 5.17. The third-order valence-corrected chi connectivity index (χ3v) is 5.49. The van der Waals surface area contributed by atoms with Gasteiger partial charge in [0.1, 0.15) is 0 Å². The average Bonchev–Trinajstić information content (AvgIpc) is 3.29. The number of aromatic amines is 1. The van der Waals surface area contributed by atoms with Gasteiger partial charge in [0.25, 0.3) is 0 Å². The van der Waals surface area contributed by atoms with Crippen molar-refractivity contribution in [3.8, 4) is 11.3 Å². The van der Waals surface area contributed by atoms with Gasteiger partial charge in [0.05, 0.1) is 29.2 Å². The number of nitrogens with zero attached hydrogens (tertiary/aromatic N) is 2. The Hall–Kier alpha value is -2.33. The van der Waals surface area contributed by atoms with Crippen LogP contribution in [0.3, 0.4) is 0 Å². The monoisotopic (exact) mass is 366 g/mol. The molecule has 2 aromatic heterocycles. The molecule has 1 aromatic carbocycles. The van der Waals surface area contributed by atoms with Crippen molar-refractivity contribution in [3.05, 3.63) is 59.3 Å². The number of halogens is 1. The van der Waals surface area contributed by atoms with Crippen LogP contribution in [0.1, 0.15) is 37.1 Å². The normalized spacial score (nSPS) is 14.8. The maximum Gasteiger partial charge on any atom is 0.0901 e. The highest BCUT2D eigenvalue weighted by Crippen LogP contribution is 2.32. The van der Waals surface area contributed by atoms with E-state index in [0.717, 1.165) is 45.8 Å². The Morgan fingerprint density at radius 3 is 2.77 bits per heavy atom. The molecular formula is C21H23ClN4. The molecule has 4 nitrogen and oxygen atoms in total. The molecule has 1 fully saturated rings. The molecule has 3 aromatic rings. The molecule has 0 atom stereocenters. The minimum Gasteiger partial charge on any atom is -0.383 e.